The fourth-order valence-electron chi connectivity index (χ4n) is 2.08. The number of nitrogens with one attached hydrogen (secondary N) is 1. The van der Waals surface area contributed by atoms with Gasteiger partial charge in [-0.25, -0.2) is 0 Å². The van der Waals surface area contributed by atoms with Gasteiger partial charge in [-0.2, -0.15) is 0 Å². The zero-order valence-electron chi connectivity index (χ0n) is 11.2. The Kier molecular flexibility index (Phi) is 5.90. The summed E-state index contributed by atoms with van der Waals surface area (Å²) >= 11 is 3.37. The van der Waals surface area contributed by atoms with Gasteiger partial charge >= 0.3 is 0 Å². The summed E-state index contributed by atoms with van der Waals surface area (Å²) in [5, 5.41) is 14.0. The maximum atomic E-state index is 10.7. The maximum absolute atomic E-state index is 10.7. The van der Waals surface area contributed by atoms with Gasteiger partial charge in [-0.05, 0) is 11.6 Å². The number of nitro groups is 1. The van der Waals surface area contributed by atoms with Gasteiger partial charge in [0.1, 0.15) is 0 Å². The Balaban J connectivity index is 1.74. The summed E-state index contributed by atoms with van der Waals surface area (Å²) < 4.78 is 6.07. The van der Waals surface area contributed by atoms with Gasteiger partial charge in [0.25, 0.3) is 5.69 Å². The molecule has 1 heterocycles. The van der Waals surface area contributed by atoms with Crippen molar-refractivity contribution in [2.24, 2.45) is 0 Å². The highest BCUT2D eigenvalue weighted by Gasteiger charge is 2.10. The van der Waals surface area contributed by atoms with Crippen molar-refractivity contribution in [2.45, 2.75) is 6.54 Å². The van der Waals surface area contributed by atoms with Crippen molar-refractivity contribution in [3.63, 3.8) is 0 Å². The average molecular weight is 344 g/mol. The van der Waals surface area contributed by atoms with E-state index in [0.29, 0.717) is 6.54 Å². The standard InChI is InChI=1S/C13H18BrN3O3/c14-13-9-12(17(18)19)2-1-11(13)10-15-3-4-16-5-7-20-8-6-16/h1-2,9,15H,3-8,10H2. The molecule has 0 bridgehead atoms. The van der Waals surface area contributed by atoms with Crippen molar-refractivity contribution < 1.29 is 9.66 Å². The first kappa shape index (κ1) is 15.4. The average Bonchev–Trinajstić information content (AvgIpc) is 2.46. The van der Waals surface area contributed by atoms with Crippen molar-refractivity contribution in [3.05, 3.63) is 38.3 Å². The normalized spacial score (nSPS) is 16.2. The summed E-state index contributed by atoms with van der Waals surface area (Å²) in [6, 6.07) is 4.85. The van der Waals surface area contributed by atoms with E-state index in [4.69, 9.17) is 4.74 Å². The summed E-state index contributed by atoms with van der Waals surface area (Å²) in [6.45, 7) is 6.19. The third-order valence-corrected chi connectivity index (χ3v) is 4.01. The molecule has 1 aliphatic rings. The largest absolute Gasteiger partial charge is 0.379 e. The van der Waals surface area contributed by atoms with Crippen LogP contribution in [0.5, 0.6) is 0 Å². The van der Waals surface area contributed by atoms with Gasteiger partial charge in [-0.3, -0.25) is 15.0 Å². The Labute approximate surface area is 126 Å². The van der Waals surface area contributed by atoms with Gasteiger partial charge in [0.05, 0.1) is 18.1 Å². The van der Waals surface area contributed by atoms with Crippen LogP contribution in [0.1, 0.15) is 5.56 Å². The molecule has 1 fully saturated rings. The van der Waals surface area contributed by atoms with E-state index in [1.165, 1.54) is 6.07 Å². The fraction of sp³-hybridized carbons (Fsp3) is 0.538. The number of nitrogens with zero attached hydrogens (tertiary/aromatic N) is 2. The third-order valence-electron chi connectivity index (χ3n) is 3.27. The molecule has 2 rings (SSSR count). The molecule has 0 amide bonds. The van der Waals surface area contributed by atoms with Crippen molar-refractivity contribution in [2.75, 3.05) is 39.4 Å². The monoisotopic (exact) mass is 343 g/mol. The molecule has 0 aliphatic carbocycles. The minimum Gasteiger partial charge on any atom is -0.379 e. The van der Waals surface area contributed by atoms with Crippen LogP contribution in [0.2, 0.25) is 0 Å². The van der Waals surface area contributed by atoms with Gasteiger partial charge in [0.2, 0.25) is 0 Å². The molecule has 1 N–H and O–H groups in total. The lowest BCUT2D eigenvalue weighted by Crippen LogP contribution is -2.40. The van der Waals surface area contributed by atoms with Crippen LogP contribution < -0.4 is 5.32 Å². The van der Waals surface area contributed by atoms with E-state index in [9.17, 15) is 10.1 Å². The number of benzene rings is 1. The maximum Gasteiger partial charge on any atom is 0.270 e. The van der Waals surface area contributed by atoms with Crippen LogP contribution in [-0.4, -0.2) is 49.2 Å². The molecule has 0 aromatic heterocycles. The van der Waals surface area contributed by atoms with Gasteiger partial charge in [0.15, 0.2) is 0 Å². The smallest absolute Gasteiger partial charge is 0.270 e. The quantitative estimate of drug-likeness (QED) is 0.484. The van der Waals surface area contributed by atoms with E-state index >= 15 is 0 Å². The predicted molar refractivity (Wildman–Crippen MR) is 79.8 cm³/mol. The summed E-state index contributed by atoms with van der Waals surface area (Å²) in [4.78, 5) is 12.6. The van der Waals surface area contributed by atoms with Crippen LogP contribution in [0.25, 0.3) is 0 Å². The van der Waals surface area contributed by atoms with Crippen molar-refractivity contribution in [3.8, 4) is 0 Å². The minimum absolute atomic E-state index is 0.106. The Morgan fingerprint density at radius 2 is 2.15 bits per heavy atom. The second kappa shape index (κ2) is 7.68. The first-order chi connectivity index (χ1) is 9.66. The number of nitro benzene ring substituents is 1. The summed E-state index contributed by atoms with van der Waals surface area (Å²) in [7, 11) is 0. The number of hydrogen-bond donors (Lipinski definition) is 1. The number of ether oxygens (including phenoxy) is 1. The van der Waals surface area contributed by atoms with E-state index < -0.39 is 0 Å². The zero-order valence-corrected chi connectivity index (χ0v) is 12.8. The molecule has 0 saturated carbocycles. The molecule has 6 nitrogen and oxygen atoms in total. The number of morpholine rings is 1. The molecular formula is C13H18BrN3O3. The zero-order chi connectivity index (χ0) is 14.4. The molecule has 0 atom stereocenters. The van der Waals surface area contributed by atoms with E-state index in [2.05, 4.69) is 26.1 Å². The molecule has 20 heavy (non-hydrogen) atoms. The highest BCUT2D eigenvalue weighted by Crippen LogP contribution is 2.22. The van der Waals surface area contributed by atoms with Crippen LogP contribution >= 0.6 is 15.9 Å². The molecule has 1 aromatic carbocycles. The lowest BCUT2D eigenvalue weighted by molar-refractivity contribution is -0.384. The molecule has 0 unspecified atom stereocenters. The van der Waals surface area contributed by atoms with Crippen LogP contribution in [0.15, 0.2) is 22.7 Å². The number of halogens is 1. The van der Waals surface area contributed by atoms with E-state index in [1.54, 1.807) is 12.1 Å². The fourth-order valence-corrected chi connectivity index (χ4v) is 2.59. The highest BCUT2D eigenvalue weighted by atomic mass is 79.9. The lowest BCUT2D eigenvalue weighted by atomic mass is 10.2. The first-order valence-electron chi connectivity index (χ1n) is 6.60. The lowest BCUT2D eigenvalue weighted by Gasteiger charge is -2.26. The SMILES string of the molecule is O=[N+]([O-])c1ccc(CNCCN2CCOCC2)c(Br)c1. The second-order valence-electron chi connectivity index (χ2n) is 4.66. The molecule has 0 radical (unpaired) electrons. The van der Waals surface area contributed by atoms with Gasteiger partial charge in [-0.15, -0.1) is 0 Å². The van der Waals surface area contributed by atoms with E-state index in [1.807, 2.05) is 0 Å². The van der Waals surface area contributed by atoms with Gasteiger partial charge < -0.3 is 10.1 Å². The van der Waals surface area contributed by atoms with Crippen LogP contribution in [0.3, 0.4) is 0 Å². The molecule has 0 spiro atoms. The summed E-state index contributed by atoms with van der Waals surface area (Å²) in [5.74, 6) is 0. The van der Waals surface area contributed by atoms with E-state index in [-0.39, 0.29) is 10.6 Å². The van der Waals surface area contributed by atoms with Crippen molar-refractivity contribution >= 4 is 21.6 Å². The Morgan fingerprint density at radius 1 is 1.40 bits per heavy atom. The second-order valence-corrected chi connectivity index (χ2v) is 5.52. The summed E-state index contributed by atoms with van der Waals surface area (Å²) in [5.41, 5.74) is 1.13. The van der Waals surface area contributed by atoms with Crippen LogP contribution in [-0.2, 0) is 11.3 Å². The molecule has 1 saturated heterocycles. The highest BCUT2D eigenvalue weighted by molar-refractivity contribution is 9.10. The molecule has 1 aliphatic heterocycles. The topological polar surface area (TPSA) is 67.6 Å². The van der Waals surface area contributed by atoms with Crippen molar-refractivity contribution in [1.29, 1.82) is 0 Å². The van der Waals surface area contributed by atoms with Crippen molar-refractivity contribution in [1.82, 2.24) is 10.2 Å². The van der Waals surface area contributed by atoms with Crippen LogP contribution in [0, 0.1) is 10.1 Å². The molecular weight excluding hydrogens is 326 g/mol. The van der Waals surface area contributed by atoms with Gasteiger partial charge in [0, 0.05) is 49.3 Å². The molecule has 1 aromatic rings. The third kappa shape index (κ3) is 4.52. The van der Waals surface area contributed by atoms with Gasteiger partial charge in [-0.1, -0.05) is 15.9 Å². The predicted octanol–water partition coefficient (Wildman–Crippen LogP) is 1.78. The minimum atomic E-state index is -0.388. The number of hydrogen-bond acceptors (Lipinski definition) is 5. The van der Waals surface area contributed by atoms with Crippen LogP contribution in [0.4, 0.5) is 5.69 Å². The molecule has 110 valence electrons. The first-order valence-corrected chi connectivity index (χ1v) is 7.40. The Morgan fingerprint density at radius 3 is 2.80 bits per heavy atom. The Hall–Kier alpha value is -1.02. The Bertz CT molecular complexity index is 464. The van der Waals surface area contributed by atoms with E-state index in [0.717, 1.165) is 49.4 Å². The number of rotatable bonds is 6. The number of non-ortho nitro benzene ring substituents is 1. The summed E-state index contributed by atoms with van der Waals surface area (Å²) in [6.07, 6.45) is 0. The molecule has 7 heteroatoms.